The van der Waals surface area contributed by atoms with Gasteiger partial charge in [-0.1, -0.05) is 30.3 Å². The average Bonchev–Trinajstić information content (AvgIpc) is 3.01. The fourth-order valence-electron chi connectivity index (χ4n) is 2.21. The minimum Gasteiger partial charge on any atom is -0.352 e. The molecule has 2 N–H and O–H groups in total. The molecule has 23 heavy (non-hydrogen) atoms. The molecule has 1 heterocycles. The molecule has 126 valence electrons. The van der Waals surface area contributed by atoms with E-state index >= 15 is 0 Å². The maximum atomic E-state index is 4.28. The van der Waals surface area contributed by atoms with Crippen LogP contribution in [0, 0.1) is 0 Å². The Morgan fingerprint density at radius 3 is 2.35 bits per heavy atom. The Morgan fingerprint density at radius 2 is 1.74 bits per heavy atom. The molecule has 0 bridgehead atoms. The van der Waals surface area contributed by atoms with Gasteiger partial charge in [-0.2, -0.15) is 0 Å². The molecule has 6 heteroatoms. The van der Waals surface area contributed by atoms with Crippen LogP contribution in [0.3, 0.4) is 0 Å². The van der Waals surface area contributed by atoms with E-state index in [2.05, 4.69) is 76.4 Å². The highest BCUT2D eigenvalue weighted by Crippen LogP contribution is 2.10. The van der Waals surface area contributed by atoms with Gasteiger partial charge in [0.15, 0.2) is 5.96 Å². The molecule has 2 aromatic rings. The van der Waals surface area contributed by atoms with E-state index in [0.29, 0.717) is 0 Å². The second kappa shape index (κ2) is 10.6. The highest BCUT2D eigenvalue weighted by Gasteiger charge is 2.04. The van der Waals surface area contributed by atoms with Crippen LogP contribution in [0.5, 0.6) is 0 Å². The number of nitrogens with zero attached hydrogens (tertiary/aromatic N) is 2. The molecule has 0 amide bonds. The van der Waals surface area contributed by atoms with Crippen molar-refractivity contribution in [2.75, 3.05) is 21.1 Å². The number of hydrogen-bond acceptors (Lipinski definition) is 3. The van der Waals surface area contributed by atoms with Crippen molar-refractivity contribution in [3.8, 4) is 0 Å². The number of guanidine groups is 1. The van der Waals surface area contributed by atoms with Crippen molar-refractivity contribution < 1.29 is 0 Å². The molecule has 0 aliphatic heterocycles. The molecule has 0 fully saturated rings. The second-order valence-electron chi connectivity index (χ2n) is 5.37. The largest absolute Gasteiger partial charge is 0.352 e. The summed E-state index contributed by atoms with van der Waals surface area (Å²) < 4.78 is 0. The van der Waals surface area contributed by atoms with Gasteiger partial charge < -0.3 is 15.5 Å². The molecular weight excluding hydrogens is 419 g/mol. The molecule has 0 aliphatic rings. The van der Waals surface area contributed by atoms with Gasteiger partial charge in [-0.05, 0) is 36.7 Å². The predicted molar refractivity (Wildman–Crippen MR) is 111 cm³/mol. The summed E-state index contributed by atoms with van der Waals surface area (Å²) in [4.78, 5) is 7.77. The molecule has 1 aromatic carbocycles. The number of halogens is 1. The van der Waals surface area contributed by atoms with E-state index in [1.165, 1.54) is 16.0 Å². The number of benzene rings is 1. The van der Waals surface area contributed by atoms with Gasteiger partial charge >= 0.3 is 0 Å². The first-order chi connectivity index (χ1) is 10.7. The zero-order chi connectivity index (χ0) is 15.8. The van der Waals surface area contributed by atoms with Crippen molar-refractivity contribution >= 4 is 41.3 Å². The van der Waals surface area contributed by atoms with Crippen molar-refractivity contribution in [1.82, 2.24) is 15.5 Å². The quantitative estimate of drug-likeness (QED) is 0.408. The van der Waals surface area contributed by atoms with Gasteiger partial charge in [0.05, 0.1) is 6.54 Å². The van der Waals surface area contributed by atoms with E-state index in [4.69, 9.17) is 0 Å². The Morgan fingerprint density at radius 1 is 1.04 bits per heavy atom. The first kappa shape index (κ1) is 19.9. The normalized spacial score (nSPS) is 11.2. The summed E-state index contributed by atoms with van der Waals surface area (Å²) in [5.74, 6) is 0.827. The van der Waals surface area contributed by atoms with E-state index in [-0.39, 0.29) is 24.0 Å². The Balaban J connectivity index is 0.00000264. The van der Waals surface area contributed by atoms with Gasteiger partial charge in [0.25, 0.3) is 0 Å². The molecule has 1 aromatic heterocycles. The predicted octanol–water partition coefficient (Wildman–Crippen LogP) is 3.29. The van der Waals surface area contributed by atoms with E-state index < -0.39 is 0 Å². The molecule has 0 saturated heterocycles. The second-order valence-corrected chi connectivity index (χ2v) is 6.40. The zero-order valence-corrected chi connectivity index (χ0v) is 17.0. The van der Waals surface area contributed by atoms with Gasteiger partial charge in [0.2, 0.25) is 0 Å². The van der Waals surface area contributed by atoms with Gasteiger partial charge in [-0.25, -0.2) is 0 Å². The lowest BCUT2D eigenvalue weighted by molar-refractivity contribution is 0.400. The van der Waals surface area contributed by atoms with Gasteiger partial charge in [0.1, 0.15) is 0 Å². The van der Waals surface area contributed by atoms with Crippen LogP contribution >= 0.6 is 35.3 Å². The Kier molecular flexibility index (Phi) is 9.20. The number of nitrogens with one attached hydrogen (secondary N) is 2. The topological polar surface area (TPSA) is 39.7 Å². The summed E-state index contributed by atoms with van der Waals surface area (Å²) >= 11 is 1.75. The Labute approximate surface area is 160 Å². The zero-order valence-electron chi connectivity index (χ0n) is 13.9. The fraction of sp³-hybridized carbons (Fsp3) is 0.353. The van der Waals surface area contributed by atoms with Crippen LogP contribution in [-0.2, 0) is 19.6 Å². The van der Waals surface area contributed by atoms with Crippen LogP contribution in [0.2, 0.25) is 0 Å². The standard InChI is InChI=1S/C17H24N4S.HI/c1-18-17(20-12-16-9-6-10-22-16)19-11-14-7-4-5-8-15(14)13-21(2)3;/h4-10H,11-13H2,1-3H3,(H2,18,19,20);1H. The smallest absolute Gasteiger partial charge is 0.191 e. The van der Waals surface area contributed by atoms with Crippen LogP contribution in [-0.4, -0.2) is 32.0 Å². The summed E-state index contributed by atoms with van der Waals surface area (Å²) in [6.45, 7) is 2.52. The number of rotatable bonds is 6. The molecule has 0 unspecified atom stereocenters. The minimum absolute atomic E-state index is 0. The SMILES string of the molecule is CN=C(NCc1cccs1)NCc1ccccc1CN(C)C.I. The van der Waals surface area contributed by atoms with E-state index in [1.807, 2.05) is 0 Å². The highest BCUT2D eigenvalue weighted by molar-refractivity contribution is 14.0. The number of aliphatic imine (C=N–C) groups is 1. The molecule has 4 nitrogen and oxygen atoms in total. The summed E-state index contributed by atoms with van der Waals surface area (Å²) in [6.07, 6.45) is 0. The third kappa shape index (κ3) is 6.88. The summed E-state index contributed by atoms with van der Waals surface area (Å²) in [5.41, 5.74) is 2.64. The maximum Gasteiger partial charge on any atom is 0.191 e. The minimum atomic E-state index is 0. The average molecular weight is 444 g/mol. The van der Waals surface area contributed by atoms with E-state index in [9.17, 15) is 0 Å². The third-order valence-corrected chi connectivity index (χ3v) is 4.16. The highest BCUT2D eigenvalue weighted by atomic mass is 127. The first-order valence-electron chi connectivity index (χ1n) is 7.37. The third-order valence-electron chi connectivity index (χ3n) is 3.29. The Bertz CT molecular complexity index is 596. The van der Waals surface area contributed by atoms with Gasteiger partial charge in [-0.3, -0.25) is 4.99 Å². The fourth-order valence-corrected chi connectivity index (χ4v) is 2.85. The molecule has 0 saturated carbocycles. The van der Waals surface area contributed by atoms with Crippen molar-refractivity contribution in [3.05, 3.63) is 57.8 Å². The van der Waals surface area contributed by atoms with Crippen LogP contribution < -0.4 is 10.6 Å². The summed E-state index contributed by atoms with van der Waals surface area (Å²) in [7, 11) is 5.98. The molecular formula is C17H25IN4S. The van der Waals surface area contributed by atoms with Crippen molar-refractivity contribution in [3.63, 3.8) is 0 Å². The maximum absolute atomic E-state index is 4.28. The van der Waals surface area contributed by atoms with Crippen molar-refractivity contribution in [1.29, 1.82) is 0 Å². The van der Waals surface area contributed by atoms with Crippen molar-refractivity contribution in [2.24, 2.45) is 4.99 Å². The molecule has 0 radical (unpaired) electrons. The molecule has 0 atom stereocenters. The van der Waals surface area contributed by atoms with Crippen LogP contribution in [0.25, 0.3) is 0 Å². The summed E-state index contributed by atoms with van der Waals surface area (Å²) in [6, 6.07) is 12.7. The molecule has 2 rings (SSSR count). The monoisotopic (exact) mass is 444 g/mol. The Hall–Kier alpha value is -1.12. The van der Waals surface area contributed by atoms with Crippen LogP contribution in [0.15, 0.2) is 46.8 Å². The van der Waals surface area contributed by atoms with E-state index in [1.54, 1.807) is 18.4 Å². The van der Waals surface area contributed by atoms with E-state index in [0.717, 1.165) is 25.6 Å². The first-order valence-corrected chi connectivity index (χ1v) is 8.25. The molecule has 0 spiro atoms. The lowest BCUT2D eigenvalue weighted by atomic mass is 10.1. The van der Waals surface area contributed by atoms with Crippen LogP contribution in [0.4, 0.5) is 0 Å². The summed E-state index contributed by atoms with van der Waals surface area (Å²) in [5, 5.41) is 8.82. The van der Waals surface area contributed by atoms with Crippen LogP contribution in [0.1, 0.15) is 16.0 Å². The van der Waals surface area contributed by atoms with Gasteiger partial charge in [-0.15, -0.1) is 35.3 Å². The number of hydrogen-bond donors (Lipinski definition) is 2. The van der Waals surface area contributed by atoms with Gasteiger partial charge in [0, 0.05) is 25.0 Å². The number of thiophene rings is 1. The van der Waals surface area contributed by atoms with Crippen molar-refractivity contribution in [2.45, 2.75) is 19.6 Å². The lowest BCUT2D eigenvalue weighted by Crippen LogP contribution is -2.36. The lowest BCUT2D eigenvalue weighted by Gasteiger charge is -2.16. The molecule has 0 aliphatic carbocycles.